The number of anilines is 1. The number of carbonyl (C=O) groups excluding carboxylic acids is 2. The Kier molecular flexibility index (Phi) is 7.00. The maximum absolute atomic E-state index is 13.1. The van der Waals surface area contributed by atoms with Crippen molar-refractivity contribution >= 4 is 27.7 Å². The van der Waals surface area contributed by atoms with Gasteiger partial charge in [-0.15, -0.1) is 0 Å². The summed E-state index contributed by atoms with van der Waals surface area (Å²) in [5, 5.41) is 10.1. The number of methoxy groups -OCH3 is 2. The lowest BCUT2D eigenvalue weighted by Crippen LogP contribution is -2.41. The summed E-state index contributed by atoms with van der Waals surface area (Å²) in [4.78, 5) is 26.6. The van der Waals surface area contributed by atoms with Gasteiger partial charge in [-0.1, -0.05) is 36.4 Å². The number of nitrogens with zero attached hydrogens (tertiary/aromatic N) is 2. The number of esters is 2. The van der Waals surface area contributed by atoms with E-state index < -0.39 is 38.6 Å². The first-order valence-electron chi connectivity index (χ1n) is 10.2. The summed E-state index contributed by atoms with van der Waals surface area (Å²) in [6.45, 7) is 3.15. The second-order valence-electron chi connectivity index (χ2n) is 7.74. The fraction of sp³-hybridized carbons (Fsp3) is 0.208. The van der Waals surface area contributed by atoms with Gasteiger partial charge in [0.05, 0.1) is 43.0 Å². The van der Waals surface area contributed by atoms with Crippen molar-refractivity contribution in [3.63, 3.8) is 0 Å². The molecule has 1 atom stereocenters. The van der Waals surface area contributed by atoms with E-state index in [4.69, 9.17) is 15.2 Å². The van der Waals surface area contributed by atoms with Gasteiger partial charge in [0, 0.05) is 0 Å². The topological polar surface area (TPSA) is 160 Å². The summed E-state index contributed by atoms with van der Waals surface area (Å²) in [7, 11) is -2.66. The molecule has 3 N–H and O–H groups in total. The van der Waals surface area contributed by atoms with Crippen LogP contribution in [0.1, 0.15) is 22.6 Å². The first-order valence-corrected chi connectivity index (χ1v) is 11.7. The van der Waals surface area contributed by atoms with Crippen LogP contribution in [0.4, 0.5) is 5.69 Å². The Labute approximate surface area is 202 Å². The van der Waals surface area contributed by atoms with Gasteiger partial charge in [0.15, 0.2) is 0 Å². The minimum Gasteiger partial charge on any atom is -0.466 e. The number of carbonyl (C=O) groups is 2. The number of hydrogen-bond acceptors (Lipinski definition) is 9. The third-order valence-corrected chi connectivity index (χ3v) is 6.39. The average molecular weight is 498 g/mol. The molecule has 182 valence electrons. The molecule has 1 unspecified atom stereocenters. The first-order chi connectivity index (χ1) is 16.5. The number of nitriles is 1. The quantitative estimate of drug-likeness (QED) is 0.464. The van der Waals surface area contributed by atoms with Crippen LogP contribution < -0.4 is 10.6 Å². The van der Waals surface area contributed by atoms with Crippen LogP contribution in [0.15, 0.2) is 70.0 Å². The summed E-state index contributed by atoms with van der Waals surface area (Å²) >= 11 is 0. The number of benzene rings is 2. The second kappa shape index (κ2) is 9.61. The molecule has 0 aliphatic carbocycles. The number of aryl methyl sites for hydroxylation is 2. The van der Waals surface area contributed by atoms with Gasteiger partial charge in [-0.25, -0.2) is 9.59 Å². The average Bonchev–Trinajstić information content (AvgIpc) is 2.82. The predicted octanol–water partition coefficient (Wildman–Crippen LogP) is 2.45. The number of nitrogens with two attached hydrogens (primary N) is 1. The van der Waals surface area contributed by atoms with Crippen molar-refractivity contribution in [2.75, 3.05) is 19.1 Å². The molecule has 0 bridgehead atoms. The van der Waals surface area contributed by atoms with Crippen LogP contribution in [0, 0.1) is 25.2 Å². The highest BCUT2D eigenvalue weighted by Gasteiger charge is 2.44. The zero-order valence-electron chi connectivity index (χ0n) is 19.4. The molecule has 2 aromatic carbocycles. The van der Waals surface area contributed by atoms with Gasteiger partial charge >= 0.3 is 11.9 Å². The molecule has 0 radical (unpaired) electrons. The van der Waals surface area contributed by atoms with Crippen molar-refractivity contribution in [3.8, 4) is 6.07 Å². The van der Waals surface area contributed by atoms with E-state index in [2.05, 4.69) is 0 Å². The molecule has 35 heavy (non-hydrogen) atoms. The molecule has 0 saturated carbocycles. The van der Waals surface area contributed by atoms with E-state index in [9.17, 15) is 27.8 Å². The van der Waals surface area contributed by atoms with Crippen molar-refractivity contribution in [3.05, 3.63) is 81.8 Å². The van der Waals surface area contributed by atoms with E-state index in [0.29, 0.717) is 16.7 Å². The number of ether oxygens (including phenoxy) is 2. The molecule has 1 heterocycles. The van der Waals surface area contributed by atoms with Crippen LogP contribution in [0.25, 0.3) is 0 Å². The smallest absolute Gasteiger partial charge is 0.355 e. The van der Waals surface area contributed by atoms with Crippen molar-refractivity contribution in [2.45, 2.75) is 24.7 Å². The Balaban J connectivity index is 2.56. The van der Waals surface area contributed by atoms with Gasteiger partial charge in [0.2, 0.25) is 0 Å². The van der Waals surface area contributed by atoms with Crippen LogP contribution in [0.3, 0.4) is 0 Å². The van der Waals surface area contributed by atoms with E-state index in [1.165, 1.54) is 13.0 Å². The lowest BCUT2D eigenvalue weighted by Gasteiger charge is -2.37. The van der Waals surface area contributed by atoms with Gasteiger partial charge < -0.3 is 15.2 Å². The van der Waals surface area contributed by atoms with Gasteiger partial charge in [-0.2, -0.15) is 13.7 Å². The first kappa shape index (κ1) is 25.5. The summed E-state index contributed by atoms with van der Waals surface area (Å²) in [6.07, 6.45) is 0. The zero-order chi connectivity index (χ0) is 26.1. The Hall–Kier alpha value is -4.14. The molecule has 0 saturated heterocycles. The normalized spacial score (nSPS) is 16.1. The summed E-state index contributed by atoms with van der Waals surface area (Å²) in [6, 6.07) is 13.1. The van der Waals surface area contributed by atoms with Crippen molar-refractivity contribution < 1.29 is 32.0 Å². The molecule has 0 aromatic heterocycles. The third kappa shape index (κ3) is 4.49. The summed E-state index contributed by atoms with van der Waals surface area (Å²) in [5.74, 6) is -3.42. The van der Waals surface area contributed by atoms with Crippen LogP contribution in [-0.4, -0.2) is 39.1 Å². The van der Waals surface area contributed by atoms with E-state index in [1.807, 2.05) is 6.07 Å². The third-order valence-electron chi connectivity index (χ3n) is 5.52. The highest BCUT2D eigenvalue weighted by atomic mass is 32.2. The SMILES string of the molecule is COC(=O)C1=C(C(=O)OC)N(c2c(C)cc(C)cc2S(=O)(=O)O)C(N)=C(C#N)C1c1ccccc1. The van der Waals surface area contributed by atoms with Gasteiger partial charge in [0.25, 0.3) is 10.1 Å². The fourth-order valence-corrected chi connectivity index (χ4v) is 4.98. The monoisotopic (exact) mass is 497 g/mol. The lowest BCUT2D eigenvalue weighted by atomic mass is 9.80. The largest absolute Gasteiger partial charge is 0.466 e. The van der Waals surface area contributed by atoms with E-state index >= 15 is 0 Å². The molecule has 1 aliphatic heterocycles. The van der Waals surface area contributed by atoms with Gasteiger partial charge in [-0.3, -0.25) is 9.45 Å². The lowest BCUT2D eigenvalue weighted by molar-refractivity contribution is -0.139. The number of rotatable bonds is 5. The van der Waals surface area contributed by atoms with Crippen molar-refractivity contribution in [2.24, 2.45) is 5.73 Å². The van der Waals surface area contributed by atoms with E-state index in [1.54, 1.807) is 43.3 Å². The molecule has 2 aromatic rings. The maximum Gasteiger partial charge on any atom is 0.355 e. The van der Waals surface area contributed by atoms with Gasteiger partial charge in [-0.05, 0) is 36.6 Å². The highest BCUT2D eigenvalue weighted by molar-refractivity contribution is 7.86. The Morgan fingerprint density at radius 2 is 1.69 bits per heavy atom. The Morgan fingerprint density at radius 1 is 1.09 bits per heavy atom. The maximum atomic E-state index is 13.1. The Bertz CT molecular complexity index is 1420. The molecule has 10 nitrogen and oxygen atoms in total. The van der Waals surface area contributed by atoms with Crippen LogP contribution in [-0.2, 0) is 29.2 Å². The standard InChI is InChI=1S/C24H23N3O7S/c1-13-10-14(2)20(17(11-13)35(30,31)32)27-21(24(29)34-4)19(23(28)33-3)18(16(12-25)22(27)26)15-8-6-5-7-9-15/h5-11,18H,26H2,1-4H3,(H,30,31,32). The predicted molar refractivity (Wildman–Crippen MR) is 125 cm³/mol. The molecule has 0 spiro atoms. The fourth-order valence-electron chi connectivity index (χ4n) is 4.15. The molecule has 0 fully saturated rings. The molecule has 0 amide bonds. The molecular weight excluding hydrogens is 474 g/mol. The van der Waals surface area contributed by atoms with Gasteiger partial charge in [0.1, 0.15) is 16.4 Å². The van der Waals surface area contributed by atoms with Crippen molar-refractivity contribution in [1.82, 2.24) is 0 Å². The number of hydrogen-bond donors (Lipinski definition) is 2. The van der Waals surface area contributed by atoms with E-state index in [0.717, 1.165) is 19.1 Å². The summed E-state index contributed by atoms with van der Waals surface area (Å²) < 4.78 is 44.6. The summed E-state index contributed by atoms with van der Waals surface area (Å²) in [5.41, 5.74) is 6.60. The minimum atomic E-state index is -4.83. The van der Waals surface area contributed by atoms with Crippen LogP contribution in [0.5, 0.6) is 0 Å². The molecular formula is C24H23N3O7S. The van der Waals surface area contributed by atoms with Crippen LogP contribution >= 0.6 is 0 Å². The molecule has 1 aliphatic rings. The zero-order valence-corrected chi connectivity index (χ0v) is 20.2. The second-order valence-corrected chi connectivity index (χ2v) is 9.13. The number of allylic oxidation sites excluding steroid dienone is 1. The molecule has 3 rings (SSSR count). The van der Waals surface area contributed by atoms with E-state index in [-0.39, 0.29) is 22.7 Å². The Morgan fingerprint density at radius 3 is 2.20 bits per heavy atom. The molecule has 11 heteroatoms. The van der Waals surface area contributed by atoms with Crippen molar-refractivity contribution in [1.29, 1.82) is 5.26 Å². The van der Waals surface area contributed by atoms with Crippen LogP contribution in [0.2, 0.25) is 0 Å². The minimum absolute atomic E-state index is 0.134. The highest BCUT2D eigenvalue weighted by Crippen LogP contribution is 2.45.